The standard InChI is InChI=1S/C20H18F3N5O2S/c21-14-2-5-16(6-3-14)28(20(29)27-7-9-31-10-8-27)12-15-4-1-13(11-24-15)18-25-26-19(30-18)17(22)23/h1-6,11,17H,7-10,12H2. The van der Waals surface area contributed by atoms with E-state index >= 15 is 0 Å². The van der Waals surface area contributed by atoms with Crippen LogP contribution in [0.5, 0.6) is 0 Å². The van der Waals surface area contributed by atoms with Gasteiger partial charge in [-0.1, -0.05) is 0 Å². The van der Waals surface area contributed by atoms with E-state index in [4.69, 9.17) is 4.42 Å². The molecule has 162 valence electrons. The zero-order valence-corrected chi connectivity index (χ0v) is 17.1. The van der Waals surface area contributed by atoms with Crippen molar-refractivity contribution in [3.8, 4) is 11.5 Å². The van der Waals surface area contributed by atoms with Crippen LogP contribution >= 0.6 is 11.8 Å². The molecule has 1 aliphatic rings. The Bertz CT molecular complexity index is 1020. The normalized spacial score (nSPS) is 14.1. The third kappa shape index (κ3) is 4.98. The van der Waals surface area contributed by atoms with Gasteiger partial charge in [0.05, 0.1) is 17.8 Å². The van der Waals surface area contributed by atoms with Crippen LogP contribution in [0.4, 0.5) is 23.7 Å². The van der Waals surface area contributed by atoms with Crippen LogP contribution in [0.3, 0.4) is 0 Å². The molecule has 1 fully saturated rings. The number of carbonyl (C=O) groups excluding carboxylic acids is 1. The van der Waals surface area contributed by atoms with Crippen molar-refractivity contribution in [1.29, 1.82) is 0 Å². The topological polar surface area (TPSA) is 75.4 Å². The van der Waals surface area contributed by atoms with Gasteiger partial charge in [0.2, 0.25) is 5.89 Å². The Hall–Kier alpha value is -3.08. The van der Waals surface area contributed by atoms with Crippen molar-refractivity contribution in [2.75, 3.05) is 29.5 Å². The number of pyridine rings is 1. The number of halogens is 3. The van der Waals surface area contributed by atoms with Crippen LogP contribution < -0.4 is 4.90 Å². The van der Waals surface area contributed by atoms with Crippen LogP contribution in [-0.4, -0.2) is 50.7 Å². The van der Waals surface area contributed by atoms with Gasteiger partial charge >= 0.3 is 12.5 Å². The molecule has 1 aliphatic heterocycles. The second kappa shape index (κ2) is 9.38. The molecule has 31 heavy (non-hydrogen) atoms. The quantitative estimate of drug-likeness (QED) is 0.575. The Labute approximate surface area is 180 Å². The van der Waals surface area contributed by atoms with E-state index in [1.807, 2.05) is 0 Å². The number of amides is 2. The third-order valence-electron chi connectivity index (χ3n) is 4.67. The van der Waals surface area contributed by atoms with E-state index < -0.39 is 18.1 Å². The second-order valence-corrected chi connectivity index (χ2v) is 7.95. The van der Waals surface area contributed by atoms with Gasteiger partial charge in [0.1, 0.15) is 5.82 Å². The number of hydrogen-bond donors (Lipinski definition) is 0. The second-order valence-electron chi connectivity index (χ2n) is 6.73. The fraction of sp³-hybridized carbons (Fsp3) is 0.300. The summed E-state index contributed by atoms with van der Waals surface area (Å²) in [6, 6.07) is 8.77. The van der Waals surface area contributed by atoms with E-state index in [-0.39, 0.29) is 18.5 Å². The molecule has 1 saturated heterocycles. The van der Waals surface area contributed by atoms with Crippen LogP contribution in [0.15, 0.2) is 47.0 Å². The van der Waals surface area contributed by atoms with Crippen LogP contribution in [0.25, 0.3) is 11.5 Å². The number of rotatable bonds is 5. The Morgan fingerprint density at radius 1 is 1.13 bits per heavy atom. The summed E-state index contributed by atoms with van der Waals surface area (Å²) in [4.78, 5) is 20.8. The molecule has 0 N–H and O–H groups in total. The molecular formula is C20H18F3N5O2S. The van der Waals surface area contributed by atoms with E-state index in [0.29, 0.717) is 30.0 Å². The highest BCUT2D eigenvalue weighted by atomic mass is 32.2. The van der Waals surface area contributed by atoms with E-state index in [0.717, 1.165) is 11.5 Å². The zero-order chi connectivity index (χ0) is 21.8. The van der Waals surface area contributed by atoms with Gasteiger partial charge in [0.15, 0.2) is 0 Å². The number of urea groups is 1. The van der Waals surface area contributed by atoms with Crippen LogP contribution in [0, 0.1) is 5.82 Å². The summed E-state index contributed by atoms with van der Waals surface area (Å²) in [5.74, 6) is 0.510. The molecule has 11 heteroatoms. The molecule has 2 amide bonds. The third-order valence-corrected chi connectivity index (χ3v) is 5.61. The number of hydrogen-bond acceptors (Lipinski definition) is 6. The molecule has 4 rings (SSSR count). The summed E-state index contributed by atoms with van der Waals surface area (Å²) < 4.78 is 43.6. The Balaban J connectivity index is 1.55. The lowest BCUT2D eigenvalue weighted by molar-refractivity contribution is 0.116. The number of nitrogens with zero attached hydrogens (tertiary/aromatic N) is 5. The van der Waals surface area contributed by atoms with Gasteiger partial charge in [-0.05, 0) is 36.4 Å². The van der Waals surface area contributed by atoms with Gasteiger partial charge in [0.25, 0.3) is 5.89 Å². The molecule has 0 atom stereocenters. The van der Waals surface area contributed by atoms with Crippen molar-refractivity contribution in [3.05, 3.63) is 60.0 Å². The lowest BCUT2D eigenvalue weighted by Crippen LogP contribution is -2.46. The highest BCUT2D eigenvalue weighted by Crippen LogP contribution is 2.24. The molecule has 0 bridgehead atoms. The number of benzene rings is 1. The van der Waals surface area contributed by atoms with E-state index in [2.05, 4.69) is 15.2 Å². The van der Waals surface area contributed by atoms with Crippen molar-refractivity contribution < 1.29 is 22.4 Å². The summed E-state index contributed by atoms with van der Waals surface area (Å²) in [5, 5.41) is 6.90. The molecule has 2 aromatic heterocycles. The van der Waals surface area contributed by atoms with E-state index in [9.17, 15) is 18.0 Å². The first-order valence-electron chi connectivity index (χ1n) is 9.48. The summed E-state index contributed by atoms with van der Waals surface area (Å²) >= 11 is 1.79. The van der Waals surface area contributed by atoms with Crippen molar-refractivity contribution in [2.24, 2.45) is 0 Å². The SMILES string of the molecule is O=C(N1CCSCC1)N(Cc1ccc(-c2nnc(C(F)F)o2)cn1)c1ccc(F)cc1. The maximum atomic E-state index is 13.4. The fourth-order valence-corrected chi connectivity index (χ4v) is 3.96. The minimum absolute atomic E-state index is 0.0633. The molecule has 0 spiro atoms. The minimum Gasteiger partial charge on any atom is -0.415 e. The average molecular weight is 449 g/mol. The van der Waals surface area contributed by atoms with Crippen LogP contribution in [-0.2, 0) is 6.54 Å². The van der Waals surface area contributed by atoms with Crippen molar-refractivity contribution in [3.63, 3.8) is 0 Å². The molecular weight excluding hydrogens is 431 g/mol. The smallest absolute Gasteiger partial charge is 0.324 e. The van der Waals surface area contributed by atoms with E-state index in [1.165, 1.54) is 18.3 Å². The Morgan fingerprint density at radius 3 is 2.48 bits per heavy atom. The van der Waals surface area contributed by atoms with Crippen molar-refractivity contribution in [2.45, 2.75) is 13.0 Å². The molecule has 0 saturated carbocycles. The average Bonchev–Trinajstić information content (AvgIpc) is 3.30. The fourth-order valence-electron chi connectivity index (χ4n) is 3.06. The number of carbonyl (C=O) groups is 1. The minimum atomic E-state index is -2.85. The van der Waals surface area contributed by atoms with Crippen LogP contribution in [0.1, 0.15) is 18.0 Å². The first-order chi connectivity index (χ1) is 15.0. The molecule has 3 heterocycles. The summed E-state index contributed by atoms with van der Waals surface area (Å²) in [6.45, 7) is 1.43. The molecule has 1 aromatic carbocycles. The Kier molecular flexibility index (Phi) is 6.40. The maximum Gasteiger partial charge on any atom is 0.324 e. The summed E-state index contributed by atoms with van der Waals surface area (Å²) in [7, 11) is 0. The highest BCUT2D eigenvalue weighted by molar-refractivity contribution is 7.99. The Morgan fingerprint density at radius 2 is 1.87 bits per heavy atom. The molecule has 0 unspecified atom stereocenters. The lowest BCUT2D eigenvalue weighted by atomic mass is 10.2. The first kappa shape index (κ1) is 21.2. The van der Waals surface area contributed by atoms with Crippen LogP contribution in [0.2, 0.25) is 0 Å². The molecule has 0 radical (unpaired) electrons. The monoisotopic (exact) mass is 449 g/mol. The molecule has 7 nitrogen and oxygen atoms in total. The highest BCUT2D eigenvalue weighted by Gasteiger charge is 2.25. The van der Waals surface area contributed by atoms with Gasteiger partial charge in [-0.25, -0.2) is 9.18 Å². The first-order valence-corrected chi connectivity index (χ1v) is 10.6. The van der Waals surface area contributed by atoms with Gasteiger partial charge in [-0.15, -0.1) is 10.2 Å². The zero-order valence-electron chi connectivity index (χ0n) is 16.2. The largest absolute Gasteiger partial charge is 0.415 e. The maximum absolute atomic E-state index is 13.4. The predicted octanol–water partition coefficient (Wildman–Crippen LogP) is 4.38. The van der Waals surface area contributed by atoms with Crippen molar-refractivity contribution >= 4 is 23.5 Å². The molecule has 0 aliphatic carbocycles. The van der Waals surface area contributed by atoms with Crippen molar-refractivity contribution in [1.82, 2.24) is 20.1 Å². The van der Waals surface area contributed by atoms with Gasteiger partial charge in [-0.3, -0.25) is 9.88 Å². The van der Waals surface area contributed by atoms with Gasteiger partial charge < -0.3 is 9.32 Å². The molecule has 3 aromatic rings. The number of anilines is 1. The summed E-state index contributed by atoms with van der Waals surface area (Å²) in [6.07, 6.45) is -1.43. The van der Waals surface area contributed by atoms with Gasteiger partial charge in [-0.2, -0.15) is 20.5 Å². The predicted molar refractivity (Wildman–Crippen MR) is 109 cm³/mol. The number of thioether (sulfide) groups is 1. The summed E-state index contributed by atoms with van der Waals surface area (Å²) in [5.41, 5.74) is 1.49. The van der Waals surface area contributed by atoms with Gasteiger partial charge in [0, 0.05) is 36.5 Å². The lowest BCUT2D eigenvalue weighted by Gasteiger charge is -2.32. The number of alkyl halides is 2. The number of aromatic nitrogens is 3. The van der Waals surface area contributed by atoms with E-state index in [1.54, 1.807) is 45.8 Å².